The van der Waals surface area contributed by atoms with Crippen LogP contribution in [0.15, 0.2) is 11.6 Å². The first-order chi connectivity index (χ1) is 17.9. The Kier molecular flexibility index (Phi) is 10.9. The highest BCUT2D eigenvalue weighted by Crippen LogP contribution is 2.67. The third-order valence-electron chi connectivity index (χ3n) is 11.3. The van der Waals surface area contributed by atoms with Crippen LogP contribution >= 0.6 is 0 Å². The molecule has 4 aliphatic rings. The van der Waals surface area contributed by atoms with Gasteiger partial charge in [0.05, 0.1) is 6.10 Å². The molecule has 8 atom stereocenters. The number of aliphatic hydroxyl groups excluding tert-OH is 1. The van der Waals surface area contributed by atoms with E-state index < -0.39 is 11.9 Å². The second-order valence-electron chi connectivity index (χ2n) is 14.2. The largest absolute Gasteiger partial charge is 0.481 e. The predicted octanol–water partition coefficient (Wildman–Crippen LogP) is 8.10. The van der Waals surface area contributed by atoms with Gasteiger partial charge < -0.3 is 15.3 Å². The maximum absolute atomic E-state index is 10.2. The fraction of sp³-hybridized carbons (Fsp3) is 0.879. The number of aliphatic carboxylic acids is 2. The first-order valence-electron chi connectivity index (χ1n) is 15.7. The minimum Gasteiger partial charge on any atom is -0.481 e. The lowest BCUT2D eigenvalue weighted by Crippen LogP contribution is -2.50. The van der Waals surface area contributed by atoms with Gasteiger partial charge in [0, 0.05) is 12.8 Å². The van der Waals surface area contributed by atoms with Crippen LogP contribution in [0.2, 0.25) is 0 Å². The highest BCUT2D eigenvalue weighted by molar-refractivity contribution is 5.67. The molecule has 0 amide bonds. The molecule has 0 bridgehead atoms. The van der Waals surface area contributed by atoms with Crippen LogP contribution in [-0.4, -0.2) is 33.4 Å². The minimum absolute atomic E-state index is 0.0628. The molecule has 0 aromatic carbocycles. The second-order valence-corrected chi connectivity index (χ2v) is 14.2. The van der Waals surface area contributed by atoms with Crippen molar-refractivity contribution in [2.75, 3.05) is 0 Å². The molecule has 0 aromatic heterocycles. The fourth-order valence-electron chi connectivity index (χ4n) is 9.22. The van der Waals surface area contributed by atoms with Crippen molar-refractivity contribution in [2.45, 2.75) is 137 Å². The number of carboxylic acids is 2. The standard InChI is InChI=1S/C27H46O.C6H10O4/c1-18(2)7-6-8-19(3)23-11-12-24-22-10-9-20-17-21(28)13-15-26(20,4)25(22)14-16-27(23,24)5;7-5(8)3-1-2-4-6(9)10/h9,18-19,21-25,28H,6-8,10-17H2,1-5H3;1-4H2,(H,7,8)(H,9,10)/t19?,21-,22-,23+,24-,25-,26-,27+;/m0./s1. The highest BCUT2D eigenvalue weighted by atomic mass is 16.4. The summed E-state index contributed by atoms with van der Waals surface area (Å²) in [7, 11) is 0. The second kappa shape index (κ2) is 13.3. The lowest BCUT2D eigenvalue weighted by atomic mass is 9.47. The van der Waals surface area contributed by atoms with Gasteiger partial charge >= 0.3 is 11.9 Å². The zero-order valence-corrected chi connectivity index (χ0v) is 24.9. The molecule has 4 aliphatic carbocycles. The molecule has 0 heterocycles. The predicted molar refractivity (Wildman–Crippen MR) is 153 cm³/mol. The quantitative estimate of drug-likeness (QED) is 0.195. The molecule has 3 N–H and O–H groups in total. The van der Waals surface area contributed by atoms with Gasteiger partial charge in [-0.05, 0) is 111 Å². The summed E-state index contributed by atoms with van der Waals surface area (Å²) in [6.07, 6.45) is 18.2. The molecule has 0 radical (unpaired) electrons. The number of carbonyl (C=O) groups is 2. The number of aliphatic hydroxyl groups is 1. The summed E-state index contributed by atoms with van der Waals surface area (Å²) < 4.78 is 0. The lowest BCUT2D eigenvalue weighted by Gasteiger charge is -2.58. The van der Waals surface area contributed by atoms with Gasteiger partial charge in [-0.3, -0.25) is 9.59 Å². The van der Waals surface area contributed by atoms with E-state index in [1.807, 2.05) is 0 Å². The van der Waals surface area contributed by atoms with Gasteiger partial charge in [0.15, 0.2) is 0 Å². The van der Waals surface area contributed by atoms with Crippen molar-refractivity contribution in [3.8, 4) is 0 Å². The Morgan fingerprint density at radius 2 is 1.55 bits per heavy atom. The first kappa shape index (κ1) is 31.2. The smallest absolute Gasteiger partial charge is 0.303 e. The number of rotatable bonds is 10. The summed E-state index contributed by atoms with van der Waals surface area (Å²) in [4.78, 5) is 19.8. The van der Waals surface area contributed by atoms with Crippen LogP contribution in [0.5, 0.6) is 0 Å². The Labute approximate surface area is 231 Å². The van der Waals surface area contributed by atoms with Gasteiger partial charge in [-0.2, -0.15) is 0 Å². The van der Waals surface area contributed by atoms with Crippen molar-refractivity contribution in [2.24, 2.45) is 46.3 Å². The fourth-order valence-corrected chi connectivity index (χ4v) is 9.22. The Morgan fingerprint density at radius 1 is 0.895 bits per heavy atom. The van der Waals surface area contributed by atoms with Gasteiger partial charge in [0.25, 0.3) is 0 Å². The molecular formula is C33H56O5. The monoisotopic (exact) mass is 532 g/mol. The van der Waals surface area contributed by atoms with Gasteiger partial charge in [-0.1, -0.05) is 65.5 Å². The summed E-state index contributed by atoms with van der Waals surface area (Å²) in [5.41, 5.74) is 2.60. The zero-order chi connectivity index (χ0) is 28.1. The van der Waals surface area contributed by atoms with Crippen LogP contribution in [0.25, 0.3) is 0 Å². The Hall–Kier alpha value is -1.36. The summed E-state index contributed by atoms with van der Waals surface area (Å²) in [6.45, 7) is 12.6. The van der Waals surface area contributed by atoms with Gasteiger partial charge in [-0.25, -0.2) is 0 Å². The third-order valence-corrected chi connectivity index (χ3v) is 11.3. The minimum atomic E-state index is -0.870. The average molecular weight is 533 g/mol. The van der Waals surface area contributed by atoms with Crippen molar-refractivity contribution in [1.29, 1.82) is 0 Å². The average Bonchev–Trinajstić information content (AvgIpc) is 3.19. The number of carboxylic acid groups (broad SMARTS) is 2. The molecule has 4 rings (SSSR count). The molecule has 1 unspecified atom stereocenters. The molecule has 3 saturated carbocycles. The molecule has 0 aliphatic heterocycles. The topological polar surface area (TPSA) is 94.8 Å². The zero-order valence-electron chi connectivity index (χ0n) is 24.9. The molecular weight excluding hydrogens is 476 g/mol. The number of hydrogen-bond donors (Lipinski definition) is 3. The molecule has 3 fully saturated rings. The summed E-state index contributed by atoms with van der Waals surface area (Å²) >= 11 is 0. The van der Waals surface area contributed by atoms with Gasteiger partial charge in [0.1, 0.15) is 0 Å². The lowest BCUT2D eigenvalue weighted by molar-refractivity contribution is -0.139. The number of allylic oxidation sites excluding steroid dienone is 1. The van der Waals surface area contributed by atoms with Crippen LogP contribution in [-0.2, 0) is 9.59 Å². The van der Waals surface area contributed by atoms with Gasteiger partial charge in [0.2, 0.25) is 0 Å². The Balaban J connectivity index is 0.000000342. The van der Waals surface area contributed by atoms with Crippen LogP contribution in [0.1, 0.15) is 131 Å². The van der Waals surface area contributed by atoms with Crippen LogP contribution in [0.3, 0.4) is 0 Å². The number of unbranched alkanes of at least 4 members (excludes halogenated alkanes) is 1. The highest BCUT2D eigenvalue weighted by Gasteiger charge is 2.59. The first-order valence-corrected chi connectivity index (χ1v) is 15.7. The van der Waals surface area contributed by atoms with E-state index >= 15 is 0 Å². The van der Waals surface area contributed by atoms with E-state index in [1.165, 1.54) is 57.8 Å². The summed E-state index contributed by atoms with van der Waals surface area (Å²) in [6, 6.07) is 0. The molecule has 5 nitrogen and oxygen atoms in total. The molecule has 218 valence electrons. The molecule has 0 aromatic rings. The molecule has 38 heavy (non-hydrogen) atoms. The van der Waals surface area contributed by atoms with Crippen molar-refractivity contribution < 1.29 is 24.9 Å². The molecule has 0 saturated heterocycles. The van der Waals surface area contributed by atoms with E-state index in [4.69, 9.17) is 10.2 Å². The maximum atomic E-state index is 10.2. The van der Waals surface area contributed by atoms with E-state index in [9.17, 15) is 14.7 Å². The maximum Gasteiger partial charge on any atom is 0.303 e. The summed E-state index contributed by atoms with van der Waals surface area (Å²) in [5.74, 6) is 3.72. The third kappa shape index (κ3) is 7.23. The molecule has 5 heteroatoms. The van der Waals surface area contributed by atoms with Crippen molar-refractivity contribution >= 4 is 11.9 Å². The Bertz CT molecular complexity index is 817. The Morgan fingerprint density at radius 3 is 2.16 bits per heavy atom. The van der Waals surface area contributed by atoms with E-state index in [1.54, 1.807) is 5.57 Å². The van der Waals surface area contributed by atoms with Gasteiger partial charge in [-0.15, -0.1) is 0 Å². The van der Waals surface area contributed by atoms with Crippen molar-refractivity contribution in [3.63, 3.8) is 0 Å². The van der Waals surface area contributed by atoms with E-state index in [0.29, 0.717) is 23.7 Å². The van der Waals surface area contributed by atoms with E-state index in [2.05, 4.69) is 40.7 Å². The number of fused-ring (bicyclic) bond motifs is 5. The van der Waals surface area contributed by atoms with Crippen molar-refractivity contribution in [3.05, 3.63) is 11.6 Å². The SMILES string of the molecule is CC(C)CCCC(C)[C@H]1CC[C@H]2[C@@H]3CC=C4C[C@@H](O)CC[C@]4(C)[C@H]3CC[C@]12C.O=C(O)CCCCC(=O)O. The van der Waals surface area contributed by atoms with E-state index in [0.717, 1.165) is 48.3 Å². The van der Waals surface area contributed by atoms with Crippen LogP contribution in [0, 0.1) is 46.3 Å². The van der Waals surface area contributed by atoms with Crippen LogP contribution in [0.4, 0.5) is 0 Å². The summed E-state index contributed by atoms with van der Waals surface area (Å²) in [5, 5.41) is 26.5. The number of hydrogen-bond acceptors (Lipinski definition) is 3. The van der Waals surface area contributed by atoms with E-state index in [-0.39, 0.29) is 18.9 Å². The van der Waals surface area contributed by atoms with Crippen LogP contribution < -0.4 is 0 Å². The molecule has 0 spiro atoms. The van der Waals surface area contributed by atoms with Crippen molar-refractivity contribution in [1.82, 2.24) is 0 Å². The normalized spacial score (nSPS) is 36.7.